The first-order valence-corrected chi connectivity index (χ1v) is 6.87. The van der Waals surface area contributed by atoms with Gasteiger partial charge in [0, 0.05) is 11.1 Å². The van der Waals surface area contributed by atoms with Crippen LogP contribution < -0.4 is 11.5 Å². The molecule has 0 radical (unpaired) electrons. The zero-order valence-corrected chi connectivity index (χ0v) is 12.6. The van der Waals surface area contributed by atoms with Crippen molar-refractivity contribution in [3.63, 3.8) is 0 Å². The van der Waals surface area contributed by atoms with Crippen molar-refractivity contribution in [2.45, 2.75) is 0 Å². The van der Waals surface area contributed by atoms with Gasteiger partial charge < -0.3 is 21.7 Å². The maximum Gasteiger partial charge on any atom is 0.190 e. The average Bonchev–Trinajstić information content (AvgIpc) is 2.58. The summed E-state index contributed by atoms with van der Waals surface area (Å²) in [5.74, 6) is -0.111. The Balaban J connectivity index is 2.04. The highest BCUT2D eigenvalue weighted by atomic mass is 16.3. The molecule has 8 heteroatoms. The Hall–Kier alpha value is -3.68. The molecule has 0 aromatic heterocycles. The smallest absolute Gasteiger partial charge is 0.190 e. The zero-order chi connectivity index (χ0) is 17.4. The van der Waals surface area contributed by atoms with E-state index in [9.17, 15) is 10.2 Å². The van der Waals surface area contributed by atoms with E-state index in [1.54, 1.807) is 36.4 Å². The molecule has 0 bridgehead atoms. The Bertz CT molecular complexity index is 757. The van der Waals surface area contributed by atoms with Gasteiger partial charge in [-0.1, -0.05) is 24.3 Å². The van der Waals surface area contributed by atoms with Gasteiger partial charge in [-0.05, 0) is 24.3 Å². The normalized spacial score (nSPS) is 13.0. The SMILES string of the molecule is NC(=N/N=C\c1ccccc1O)/C(N)=N\N=C/c1ccccc1O. The van der Waals surface area contributed by atoms with E-state index in [0.717, 1.165) is 0 Å². The monoisotopic (exact) mass is 324 g/mol. The molecule has 6 N–H and O–H groups in total. The van der Waals surface area contributed by atoms with Crippen LogP contribution in [0.25, 0.3) is 0 Å². The number of amidine groups is 2. The van der Waals surface area contributed by atoms with Gasteiger partial charge in [0.2, 0.25) is 0 Å². The highest BCUT2D eigenvalue weighted by Gasteiger charge is 1.99. The van der Waals surface area contributed by atoms with Crippen LogP contribution in [-0.4, -0.2) is 34.3 Å². The summed E-state index contributed by atoms with van der Waals surface area (Å²) >= 11 is 0. The molecule has 0 amide bonds. The van der Waals surface area contributed by atoms with Crippen molar-refractivity contribution in [1.82, 2.24) is 0 Å². The fourth-order valence-corrected chi connectivity index (χ4v) is 1.60. The standard InChI is InChI=1S/C16H16N6O2/c17-15(21-19-9-11-5-1-3-7-13(11)23)16(18)22-20-10-12-6-2-4-8-14(12)24/h1-10,23-24H,(H2,17,21)(H2,18,22)/b19-9-,20-10-. The Labute approximate surface area is 138 Å². The van der Waals surface area contributed by atoms with Crippen LogP contribution in [0.15, 0.2) is 68.9 Å². The van der Waals surface area contributed by atoms with Gasteiger partial charge in [0.05, 0.1) is 12.4 Å². The maximum atomic E-state index is 9.57. The van der Waals surface area contributed by atoms with Crippen molar-refractivity contribution >= 4 is 24.1 Å². The Morgan fingerprint density at radius 2 is 1.08 bits per heavy atom. The topological polar surface area (TPSA) is 142 Å². The van der Waals surface area contributed by atoms with Crippen molar-refractivity contribution < 1.29 is 10.2 Å². The highest BCUT2D eigenvalue weighted by molar-refractivity contribution is 6.39. The Morgan fingerprint density at radius 3 is 1.46 bits per heavy atom. The summed E-state index contributed by atoms with van der Waals surface area (Å²) in [4.78, 5) is 0. The summed E-state index contributed by atoms with van der Waals surface area (Å²) in [6, 6.07) is 13.3. The van der Waals surface area contributed by atoms with Gasteiger partial charge in [-0.2, -0.15) is 10.2 Å². The van der Waals surface area contributed by atoms with E-state index in [1.807, 2.05) is 0 Å². The first-order chi connectivity index (χ1) is 11.6. The van der Waals surface area contributed by atoms with E-state index in [-0.39, 0.29) is 23.2 Å². The zero-order valence-electron chi connectivity index (χ0n) is 12.6. The molecule has 0 unspecified atom stereocenters. The van der Waals surface area contributed by atoms with Crippen molar-refractivity contribution in [3.05, 3.63) is 59.7 Å². The number of hydrogen-bond donors (Lipinski definition) is 4. The van der Waals surface area contributed by atoms with Crippen LogP contribution in [0.5, 0.6) is 11.5 Å². The molecule has 0 aliphatic carbocycles. The molecular weight excluding hydrogens is 308 g/mol. The first-order valence-electron chi connectivity index (χ1n) is 6.87. The molecule has 0 aliphatic rings. The van der Waals surface area contributed by atoms with E-state index in [2.05, 4.69) is 20.4 Å². The number of phenols is 2. The van der Waals surface area contributed by atoms with Gasteiger partial charge in [0.15, 0.2) is 11.7 Å². The lowest BCUT2D eigenvalue weighted by Gasteiger charge is -1.97. The molecule has 122 valence electrons. The molecule has 0 atom stereocenters. The quantitative estimate of drug-likeness (QED) is 0.380. The number of rotatable bonds is 4. The van der Waals surface area contributed by atoms with E-state index < -0.39 is 0 Å². The second-order valence-electron chi connectivity index (χ2n) is 4.58. The fourth-order valence-electron chi connectivity index (χ4n) is 1.60. The number of aromatic hydroxyl groups is 2. The molecule has 0 saturated heterocycles. The van der Waals surface area contributed by atoms with Crippen molar-refractivity contribution in [1.29, 1.82) is 0 Å². The van der Waals surface area contributed by atoms with Gasteiger partial charge in [0.1, 0.15) is 11.5 Å². The van der Waals surface area contributed by atoms with Crippen LogP contribution >= 0.6 is 0 Å². The largest absolute Gasteiger partial charge is 0.507 e. The number of benzene rings is 2. The third-order valence-electron chi connectivity index (χ3n) is 2.86. The maximum absolute atomic E-state index is 9.57. The van der Waals surface area contributed by atoms with Crippen molar-refractivity contribution in [2.75, 3.05) is 0 Å². The van der Waals surface area contributed by atoms with Gasteiger partial charge in [-0.3, -0.25) is 0 Å². The van der Waals surface area contributed by atoms with E-state index in [4.69, 9.17) is 11.5 Å². The molecule has 2 aromatic rings. The lowest BCUT2D eigenvalue weighted by molar-refractivity contribution is 0.474. The average molecular weight is 324 g/mol. The molecule has 0 spiro atoms. The number of hydrogen-bond acceptors (Lipinski definition) is 6. The number of para-hydroxylation sites is 2. The van der Waals surface area contributed by atoms with E-state index >= 15 is 0 Å². The third-order valence-corrected chi connectivity index (χ3v) is 2.86. The number of nitrogens with two attached hydrogens (primary N) is 2. The molecule has 24 heavy (non-hydrogen) atoms. The first kappa shape index (κ1) is 16.7. The minimum atomic E-state index is -0.129. The number of nitrogens with zero attached hydrogens (tertiary/aromatic N) is 4. The predicted molar refractivity (Wildman–Crippen MR) is 94.6 cm³/mol. The van der Waals surface area contributed by atoms with Crippen LogP contribution in [0, 0.1) is 0 Å². The predicted octanol–water partition coefficient (Wildman–Crippen LogP) is 1.18. The molecule has 0 fully saturated rings. The molecule has 0 heterocycles. The molecule has 2 rings (SSSR count). The fraction of sp³-hybridized carbons (Fsp3) is 0. The Kier molecular flexibility index (Phi) is 5.62. The molecule has 0 saturated carbocycles. The third kappa shape index (κ3) is 4.67. The second kappa shape index (κ2) is 8.08. The lowest BCUT2D eigenvalue weighted by Crippen LogP contribution is -2.30. The van der Waals surface area contributed by atoms with Gasteiger partial charge in [-0.15, -0.1) is 10.2 Å². The summed E-state index contributed by atoms with van der Waals surface area (Å²) in [6.45, 7) is 0. The minimum absolute atomic E-state index is 0.0731. The highest BCUT2D eigenvalue weighted by Crippen LogP contribution is 2.13. The van der Waals surface area contributed by atoms with Gasteiger partial charge in [-0.25, -0.2) is 0 Å². The van der Waals surface area contributed by atoms with E-state index in [1.165, 1.54) is 24.6 Å². The Morgan fingerprint density at radius 1 is 0.708 bits per heavy atom. The summed E-state index contributed by atoms with van der Waals surface area (Å²) in [5.41, 5.74) is 12.2. The molecule has 0 aliphatic heterocycles. The van der Waals surface area contributed by atoms with Crippen LogP contribution in [-0.2, 0) is 0 Å². The molecule has 2 aromatic carbocycles. The van der Waals surface area contributed by atoms with Gasteiger partial charge in [0.25, 0.3) is 0 Å². The summed E-state index contributed by atoms with van der Waals surface area (Å²) in [6.07, 6.45) is 2.67. The lowest BCUT2D eigenvalue weighted by atomic mass is 10.2. The minimum Gasteiger partial charge on any atom is -0.507 e. The van der Waals surface area contributed by atoms with Crippen LogP contribution in [0.4, 0.5) is 0 Å². The van der Waals surface area contributed by atoms with Crippen LogP contribution in [0.3, 0.4) is 0 Å². The molecule has 8 nitrogen and oxygen atoms in total. The van der Waals surface area contributed by atoms with Crippen molar-refractivity contribution in [3.8, 4) is 11.5 Å². The van der Waals surface area contributed by atoms with Crippen LogP contribution in [0.2, 0.25) is 0 Å². The summed E-state index contributed by atoms with van der Waals surface area (Å²) in [5, 5.41) is 34.0. The summed E-state index contributed by atoms with van der Waals surface area (Å²) < 4.78 is 0. The molecular formula is C16H16N6O2. The second-order valence-corrected chi connectivity index (χ2v) is 4.58. The van der Waals surface area contributed by atoms with Crippen LogP contribution in [0.1, 0.15) is 11.1 Å². The van der Waals surface area contributed by atoms with E-state index in [0.29, 0.717) is 11.1 Å². The van der Waals surface area contributed by atoms with Gasteiger partial charge >= 0.3 is 0 Å². The summed E-state index contributed by atoms with van der Waals surface area (Å²) in [7, 11) is 0. The number of phenolic OH excluding ortho intramolecular Hbond substituents is 2. The van der Waals surface area contributed by atoms with Crippen molar-refractivity contribution in [2.24, 2.45) is 31.9 Å².